The number of ether oxygens (including phenoxy) is 1. The second-order valence-corrected chi connectivity index (χ2v) is 7.52. The Bertz CT molecular complexity index is 1480. The fraction of sp³-hybridized carbons (Fsp3) is 0.160. The summed E-state index contributed by atoms with van der Waals surface area (Å²) in [6.07, 6.45) is 3.27. The highest BCUT2D eigenvalue weighted by molar-refractivity contribution is 5.97. The van der Waals surface area contributed by atoms with Crippen molar-refractivity contribution >= 4 is 22.8 Å². The van der Waals surface area contributed by atoms with E-state index in [1.807, 2.05) is 36.5 Å². The number of pyridine rings is 1. The molecular weight excluding hydrogens is 474 g/mol. The number of carbonyl (C=O) groups is 2. The predicted molar refractivity (Wildman–Crippen MR) is 128 cm³/mol. The van der Waals surface area contributed by atoms with Gasteiger partial charge >= 0.3 is 5.97 Å². The van der Waals surface area contributed by atoms with Crippen LogP contribution in [0.3, 0.4) is 0 Å². The largest absolute Gasteiger partial charge is 0.494 e. The summed E-state index contributed by atoms with van der Waals surface area (Å²) < 4.78 is 32.6. The summed E-state index contributed by atoms with van der Waals surface area (Å²) in [7, 11) is 3.15. The molecule has 2 aromatic carbocycles. The van der Waals surface area contributed by atoms with Gasteiger partial charge in [-0.05, 0) is 30.7 Å². The Kier molecular flexibility index (Phi) is 8.05. The van der Waals surface area contributed by atoms with Gasteiger partial charge in [0.05, 0.1) is 24.4 Å². The Balaban J connectivity index is 0.000000214. The monoisotopic (exact) mass is 496 g/mol. The molecule has 0 spiro atoms. The number of hydrogen-bond acceptors (Lipinski definition) is 6. The molecule has 4 rings (SSSR count). The first-order chi connectivity index (χ1) is 17.1. The molecule has 36 heavy (non-hydrogen) atoms. The Labute approximate surface area is 204 Å². The van der Waals surface area contributed by atoms with Crippen molar-refractivity contribution in [3.63, 3.8) is 0 Å². The van der Waals surface area contributed by atoms with Crippen LogP contribution < -0.4 is 15.6 Å². The summed E-state index contributed by atoms with van der Waals surface area (Å²) in [5.74, 6) is -3.99. The number of aliphatic carboxylic acids is 1. The van der Waals surface area contributed by atoms with Crippen molar-refractivity contribution in [1.29, 1.82) is 0 Å². The Morgan fingerprint density at radius 2 is 1.81 bits per heavy atom. The van der Waals surface area contributed by atoms with Gasteiger partial charge in [0.1, 0.15) is 23.7 Å². The van der Waals surface area contributed by atoms with Crippen LogP contribution in [0.25, 0.3) is 22.0 Å². The van der Waals surface area contributed by atoms with Gasteiger partial charge in [0.25, 0.3) is 11.5 Å². The lowest BCUT2D eigenvalue weighted by Crippen LogP contribution is -2.30. The van der Waals surface area contributed by atoms with E-state index in [4.69, 9.17) is 9.84 Å². The van der Waals surface area contributed by atoms with Gasteiger partial charge in [0.15, 0.2) is 5.75 Å². The number of fused-ring (bicyclic) bond motifs is 1. The quantitative estimate of drug-likeness (QED) is 0.435. The summed E-state index contributed by atoms with van der Waals surface area (Å²) in [6.45, 7) is 1.34. The molecule has 0 unspecified atom stereocenters. The molecule has 0 fully saturated rings. The summed E-state index contributed by atoms with van der Waals surface area (Å²) in [5, 5.41) is 15.1. The standard InChI is InChI=1S/C16H15N3O2.C9H7F2NO3/c1-10-6-7-12(15-11(10)5-4-8-17-15)14-13(21-3)9-18-19(2)16(14)20;10-5-2-1-3-6(11)8(5)9(15)12-4-7(13)14/h4-9H,1-3H3;1-3H,4H2,(H,12,15)(H,13,14). The van der Waals surface area contributed by atoms with Crippen LogP contribution in [0.5, 0.6) is 5.75 Å². The van der Waals surface area contributed by atoms with Crippen molar-refractivity contribution in [2.24, 2.45) is 7.05 Å². The van der Waals surface area contributed by atoms with Gasteiger partial charge in [-0.15, -0.1) is 0 Å². The minimum atomic E-state index is -1.29. The van der Waals surface area contributed by atoms with Crippen molar-refractivity contribution in [3.8, 4) is 16.9 Å². The second kappa shape index (κ2) is 11.2. The zero-order valence-electron chi connectivity index (χ0n) is 19.6. The predicted octanol–water partition coefficient (Wildman–Crippen LogP) is 3.09. The van der Waals surface area contributed by atoms with E-state index in [1.54, 1.807) is 19.4 Å². The number of aryl methyl sites for hydroxylation is 2. The molecule has 11 heteroatoms. The number of nitrogens with one attached hydrogen (secondary N) is 1. The lowest BCUT2D eigenvalue weighted by Gasteiger charge is -2.11. The van der Waals surface area contributed by atoms with Gasteiger partial charge in [-0.2, -0.15) is 5.10 Å². The number of rotatable bonds is 5. The molecule has 0 atom stereocenters. The molecule has 0 saturated heterocycles. The highest BCUT2D eigenvalue weighted by Gasteiger charge is 2.18. The van der Waals surface area contributed by atoms with E-state index in [2.05, 4.69) is 10.1 Å². The molecule has 0 aliphatic heterocycles. The topological polar surface area (TPSA) is 123 Å². The maximum absolute atomic E-state index is 13.0. The molecule has 2 heterocycles. The Morgan fingerprint density at radius 3 is 2.44 bits per heavy atom. The summed E-state index contributed by atoms with van der Waals surface area (Å²) >= 11 is 0. The number of benzene rings is 2. The van der Waals surface area contributed by atoms with Gasteiger partial charge < -0.3 is 15.2 Å². The van der Waals surface area contributed by atoms with E-state index in [1.165, 1.54) is 11.8 Å². The molecular formula is C25H22F2N4O5. The number of carboxylic acid groups (broad SMARTS) is 1. The van der Waals surface area contributed by atoms with Crippen LogP contribution in [-0.4, -0.2) is 45.4 Å². The number of carboxylic acids is 1. The van der Waals surface area contributed by atoms with Crippen molar-refractivity contribution in [1.82, 2.24) is 20.1 Å². The minimum Gasteiger partial charge on any atom is -0.494 e. The number of methoxy groups -OCH3 is 1. The summed E-state index contributed by atoms with van der Waals surface area (Å²) in [4.78, 5) is 38.1. The van der Waals surface area contributed by atoms with Gasteiger partial charge in [-0.1, -0.05) is 24.3 Å². The smallest absolute Gasteiger partial charge is 0.322 e. The number of carbonyl (C=O) groups excluding carboxylic acids is 1. The number of hydrogen-bond donors (Lipinski definition) is 2. The number of nitrogens with zero attached hydrogens (tertiary/aromatic N) is 3. The lowest BCUT2D eigenvalue weighted by molar-refractivity contribution is -0.135. The normalized spacial score (nSPS) is 10.4. The van der Waals surface area contributed by atoms with Crippen molar-refractivity contribution in [3.05, 3.63) is 88.0 Å². The molecule has 2 N–H and O–H groups in total. The minimum absolute atomic E-state index is 0.204. The summed E-state index contributed by atoms with van der Waals surface area (Å²) in [6, 6.07) is 10.7. The van der Waals surface area contributed by atoms with E-state index in [0.717, 1.165) is 40.2 Å². The second-order valence-electron chi connectivity index (χ2n) is 7.52. The van der Waals surface area contributed by atoms with Crippen molar-refractivity contribution in [2.75, 3.05) is 13.7 Å². The van der Waals surface area contributed by atoms with Crippen LogP contribution in [0, 0.1) is 18.6 Å². The molecule has 2 aromatic heterocycles. The molecule has 0 saturated carbocycles. The van der Waals surface area contributed by atoms with Crippen LogP contribution >= 0.6 is 0 Å². The number of halogens is 2. The molecule has 0 aliphatic rings. The highest BCUT2D eigenvalue weighted by atomic mass is 19.1. The average molecular weight is 496 g/mol. The fourth-order valence-corrected chi connectivity index (χ4v) is 3.40. The fourth-order valence-electron chi connectivity index (χ4n) is 3.40. The van der Waals surface area contributed by atoms with Gasteiger partial charge in [0.2, 0.25) is 0 Å². The van der Waals surface area contributed by atoms with E-state index in [0.29, 0.717) is 11.3 Å². The van der Waals surface area contributed by atoms with Crippen LogP contribution in [0.4, 0.5) is 8.78 Å². The first kappa shape index (κ1) is 25.9. The third-order valence-electron chi connectivity index (χ3n) is 5.17. The number of aromatic nitrogens is 3. The zero-order chi connectivity index (χ0) is 26.4. The molecule has 0 radical (unpaired) electrons. The molecule has 4 aromatic rings. The molecule has 0 aliphatic carbocycles. The maximum Gasteiger partial charge on any atom is 0.322 e. The van der Waals surface area contributed by atoms with Crippen LogP contribution in [0.2, 0.25) is 0 Å². The first-order valence-electron chi connectivity index (χ1n) is 10.5. The van der Waals surface area contributed by atoms with E-state index >= 15 is 0 Å². The third-order valence-corrected chi connectivity index (χ3v) is 5.17. The SMILES string of the molecule is COc1cnn(C)c(=O)c1-c1ccc(C)c2cccnc12.O=C(O)CNC(=O)c1c(F)cccc1F. The van der Waals surface area contributed by atoms with E-state index in [-0.39, 0.29) is 5.56 Å². The van der Waals surface area contributed by atoms with Crippen LogP contribution in [0.15, 0.2) is 59.7 Å². The molecule has 0 bridgehead atoms. The molecule has 1 amide bonds. The van der Waals surface area contributed by atoms with Gasteiger partial charge in [-0.25, -0.2) is 13.5 Å². The third kappa shape index (κ3) is 5.52. The summed E-state index contributed by atoms with van der Waals surface area (Å²) in [5.41, 5.74) is 2.17. The number of amides is 1. The van der Waals surface area contributed by atoms with Crippen molar-refractivity contribution in [2.45, 2.75) is 6.92 Å². The van der Waals surface area contributed by atoms with Crippen LogP contribution in [0.1, 0.15) is 15.9 Å². The van der Waals surface area contributed by atoms with Gasteiger partial charge in [0, 0.05) is 24.2 Å². The zero-order valence-corrected chi connectivity index (χ0v) is 19.6. The van der Waals surface area contributed by atoms with E-state index in [9.17, 15) is 23.2 Å². The van der Waals surface area contributed by atoms with Crippen molar-refractivity contribution < 1.29 is 28.2 Å². The highest BCUT2D eigenvalue weighted by Crippen LogP contribution is 2.32. The maximum atomic E-state index is 13.0. The average Bonchev–Trinajstić information content (AvgIpc) is 2.85. The molecule has 9 nitrogen and oxygen atoms in total. The Morgan fingerprint density at radius 1 is 1.11 bits per heavy atom. The lowest BCUT2D eigenvalue weighted by atomic mass is 10.00. The Hall–Kier alpha value is -4.67. The first-order valence-corrected chi connectivity index (χ1v) is 10.5. The molecule has 186 valence electrons. The van der Waals surface area contributed by atoms with E-state index < -0.39 is 35.6 Å². The van der Waals surface area contributed by atoms with Gasteiger partial charge in [-0.3, -0.25) is 19.4 Å². The van der Waals surface area contributed by atoms with Crippen LogP contribution in [-0.2, 0) is 11.8 Å².